The van der Waals surface area contributed by atoms with Gasteiger partial charge in [0.2, 0.25) is 5.16 Å². The third kappa shape index (κ3) is 1.85. The molecule has 0 fully saturated rings. The average Bonchev–Trinajstić information content (AvgIpc) is 2.31. The van der Waals surface area contributed by atoms with Crippen LogP contribution >= 0.6 is 23.4 Å². The van der Waals surface area contributed by atoms with Gasteiger partial charge >= 0.3 is 0 Å². The molecule has 1 heterocycles. The minimum atomic E-state index is 0.623. The molecule has 56 valence electrons. The van der Waals surface area contributed by atoms with E-state index in [0.717, 1.165) is 10.9 Å². The molecule has 0 N–H and O–H groups in total. The van der Waals surface area contributed by atoms with Crippen molar-refractivity contribution in [2.75, 3.05) is 11.6 Å². The fourth-order valence-corrected chi connectivity index (χ4v) is 1.28. The molecule has 10 heavy (non-hydrogen) atoms. The number of aryl methyl sites for hydroxylation is 1. The maximum atomic E-state index is 5.47. The van der Waals surface area contributed by atoms with Gasteiger partial charge in [-0.2, -0.15) is 0 Å². The normalized spacial score (nSPS) is 10.2. The molecule has 1 rings (SSSR count). The molecule has 0 aromatic carbocycles. The lowest BCUT2D eigenvalue weighted by Gasteiger charge is -1.92. The molecular weight excluding hydrogens is 172 g/mol. The van der Waals surface area contributed by atoms with Crippen LogP contribution < -0.4 is 0 Å². The number of halogens is 1. The Morgan fingerprint density at radius 1 is 1.70 bits per heavy atom. The second kappa shape index (κ2) is 3.78. The second-order valence-electron chi connectivity index (χ2n) is 1.62. The Kier molecular flexibility index (Phi) is 2.95. The molecule has 0 unspecified atom stereocenters. The van der Waals surface area contributed by atoms with E-state index in [2.05, 4.69) is 15.5 Å². The smallest absolute Gasteiger partial charge is 0.209 e. The predicted octanol–water partition coefficient (Wildman–Crippen LogP) is 0.541. The van der Waals surface area contributed by atoms with Crippen LogP contribution in [0.15, 0.2) is 5.16 Å². The third-order valence-corrected chi connectivity index (χ3v) is 2.31. The monoisotopic (exact) mass is 178 g/mol. The topological polar surface area (TPSA) is 43.6 Å². The van der Waals surface area contributed by atoms with Crippen molar-refractivity contribution in [3.63, 3.8) is 0 Å². The van der Waals surface area contributed by atoms with Crippen LogP contribution in [0.1, 0.15) is 0 Å². The summed E-state index contributed by atoms with van der Waals surface area (Å²) in [6.07, 6.45) is 0. The van der Waals surface area contributed by atoms with Crippen molar-refractivity contribution in [3.05, 3.63) is 0 Å². The van der Waals surface area contributed by atoms with Crippen molar-refractivity contribution in [1.82, 2.24) is 20.2 Å². The molecule has 1 aromatic heterocycles. The van der Waals surface area contributed by atoms with Gasteiger partial charge in [0.25, 0.3) is 0 Å². The molecule has 0 aliphatic heterocycles. The van der Waals surface area contributed by atoms with Gasteiger partial charge in [0, 0.05) is 18.7 Å². The number of aromatic nitrogens is 4. The number of nitrogens with zero attached hydrogens (tertiary/aromatic N) is 4. The first kappa shape index (κ1) is 7.81. The summed E-state index contributed by atoms with van der Waals surface area (Å²) in [5.41, 5.74) is 0. The van der Waals surface area contributed by atoms with E-state index in [-0.39, 0.29) is 0 Å². The average molecular weight is 179 g/mol. The van der Waals surface area contributed by atoms with Crippen LogP contribution in [0.4, 0.5) is 0 Å². The first-order valence-corrected chi connectivity index (χ1v) is 4.27. The zero-order valence-corrected chi connectivity index (χ0v) is 7.06. The Bertz CT molecular complexity index is 201. The first-order chi connectivity index (χ1) is 4.84. The summed E-state index contributed by atoms with van der Waals surface area (Å²) in [6.45, 7) is 0. The van der Waals surface area contributed by atoms with Crippen LogP contribution in [-0.2, 0) is 7.05 Å². The molecule has 0 bridgehead atoms. The highest BCUT2D eigenvalue weighted by Crippen LogP contribution is 2.11. The maximum Gasteiger partial charge on any atom is 0.209 e. The minimum Gasteiger partial charge on any atom is -0.224 e. The van der Waals surface area contributed by atoms with Gasteiger partial charge < -0.3 is 0 Å². The van der Waals surface area contributed by atoms with Crippen LogP contribution in [-0.4, -0.2) is 31.8 Å². The maximum absolute atomic E-state index is 5.47. The van der Waals surface area contributed by atoms with Crippen molar-refractivity contribution in [3.8, 4) is 0 Å². The quantitative estimate of drug-likeness (QED) is 0.501. The van der Waals surface area contributed by atoms with Crippen LogP contribution in [0.5, 0.6) is 0 Å². The standard InChI is InChI=1S/C4H7ClN4S/c1-9-4(6-7-8-9)10-3-2-5/h2-3H2,1H3. The lowest BCUT2D eigenvalue weighted by molar-refractivity contribution is 0.665. The van der Waals surface area contributed by atoms with Crippen LogP contribution in [0, 0.1) is 0 Å². The summed E-state index contributed by atoms with van der Waals surface area (Å²) in [5.74, 6) is 1.47. The molecular formula is C4H7ClN4S. The molecule has 6 heteroatoms. The van der Waals surface area contributed by atoms with Crippen molar-refractivity contribution < 1.29 is 0 Å². The third-order valence-electron chi connectivity index (χ3n) is 0.890. The Hall–Kier alpha value is -0.290. The van der Waals surface area contributed by atoms with Crippen LogP contribution in [0.3, 0.4) is 0 Å². The van der Waals surface area contributed by atoms with Gasteiger partial charge in [0.15, 0.2) is 0 Å². The molecule has 0 saturated heterocycles. The second-order valence-corrected chi connectivity index (χ2v) is 3.06. The number of rotatable bonds is 3. The highest BCUT2D eigenvalue weighted by molar-refractivity contribution is 7.99. The Labute approximate surface area is 67.9 Å². The largest absolute Gasteiger partial charge is 0.224 e. The molecule has 0 aliphatic carbocycles. The van der Waals surface area contributed by atoms with E-state index in [0.29, 0.717) is 5.88 Å². The minimum absolute atomic E-state index is 0.623. The summed E-state index contributed by atoms with van der Waals surface area (Å²) in [7, 11) is 1.80. The van der Waals surface area contributed by atoms with Crippen molar-refractivity contribution in [2.45, 2.75) is 5.16 Å². The fourth-order valence-electron chi connectivity index (χ4n) is 0.473. The van der Waals surface area contributed by atoms with Crippen LogP contribution in [0.25, 0.3) is 0 Å². The number of alkyl halides is 1. The van der Waals surface area contributed by atoms with Crippen molar-refractivity contribution >= 4 is 23.4 Å². The number of thioether (sulfide) groups is 1. The van der Waals surface area contributed by atoms with Crippen molar-refractivity contribution in [1.29, 1.82) is 0 Å². The predicted molar refractivity (Wildman–Crippen MR) is 40.2 cm³/mol. The molecule has 0 spiro atoms. The molecule has 0 amide bonds. The molecule has 1 aromatic rings. The molecule has 0 atom stereocenters. The molecule has 0 saturated carbocycles. The van der Waals surface area contributed by atoms with E-state index in [9.17, 15) is 0 Å². The Morgan fingerprint density at radius 3 is 3.00 bits per heavy atom. The van der Waals surface area contributed by atoms with Gasteiger partial charge in [-0.3, -0.25) is 0 Å². The van der Waals surface area contributed by atoms with Crippen molar-refractivity contribution in [2.24, 2.45) is 7.05 Å². The van der Waals surface area contributed by atoms with E-state index in [1.54, 1.807) is 23.5 Å². The molecule has 0 aliphatic rings. The summed E-state index contributed by atoms with van der Waals surface area (Å²) in [4.78, 5) is 0. The van der Waals surface area contributed by atoms with E-state index in [1.165, 1.54) is 0 Å². The summed E-state index contributed by atoms with van der Waals surface area (Å²) >= 11 is 7.02. The Morgan fingerprint density at radius 2 is 2.50 bits per heavy atom. The Balaban J connectivity index is 2.49. The molecule has 4 nitrogen and oxygen atoms in total. The van der Waals surface area contributed by atoms with Gasteiger partial charge in [-0.1, -0.05) is 11.8 Å². The zero-order valence-electron chi connectivity index (χ0n) is 5.49. The zero-order chi connectivity index (χ0) is 7.40. The summed E-state index contributed by atoms with van der Waals surface area (Å²) in [6, 6.07) is 0. The highest BCUT2D eigenvalue weighted by atomic mass is 35.5. The van der Waals surface area contributed by atoms with E-state index in [1.807, 2.05) is 0 Å². The van der Waals surface area contributed by atoms with Gasteiger partial charge in [0.1, 0.15) is 0 Å². The van der Waals surface area contributed by atoms with Crippen LogP contribution in [0.2, 0.25) is 0 Å². The van der Waals surface area contributed by atoms with Gasteiger partial charge in [0.05, 0.1) is 0 Å². The van der Waals surface area contributed by atoms with E-state index >= 15 is 0 Å². The number of tetrazole rings is 1. The highest BCUT2D eigenvalue weighted by Gasteiger charge is 1.99. The van der Waals surface area contributed by atoms with E-state index in [4.69, 9.17) is 11.6 Å². The number of hydrogen-bond acceptors (Lipinski definition) is 4. The summed E-state index contributed by atoms with van der Waals surface area (Å²) in [5, 5.41) is 11.7. The van der Waals surface area contributed by atoms with Gasteiger partial charge in [-0.25, -0.2) is 4.68 Å². The molecule has 0 radical (unpaired) electrons. The lowest BCUT2D eigenvalue weighted by Crippen LogP contribution is -1.93. The van der Waals surface area contributed by atoms with Gasteiger partial charge in [-0.05, 0) is 10.4 Å². The van der Waals surface area contributed by atoms with E-state index < -0.39 is 0 Å². The summed E-state index contributed by atoms with van der Waals surface area (Å²) < 4.78 is 1.62. The SMILES string of the molecule is Cn1nnnc1SCCCl. The fraction of sp³-hybridized carbons (Fsp3) is 0.750. The lowest BCUT2D eigenvalue weighted by atomic mass is 11.0. The first-order valence-electron chi connectivity index (χ1n) is 2.75. The number of hydrogen-bond donors (Lipinski definition) is 0. The van der Waals surface area contributed by atoms with Gasteiger partial charge in [-0.15, -0.1) is 16.7 Å².